The number of thioether (sulfide) groups is 1. The maximum absolute atomic E-state index is 12.7. The van der Waals surface area contributed by atoms with E-state index >= 15 is 0 Å². The molecule has 0 aliphatic carbocycles. The zero-order chi connectivity index (χ0) is 26.1. The van der Waals surface area contributed by atoms with Crippen molar-refractivity contribution in [3.05, 3.63) is 10.4 Å². The number of azide groups is 1. The van der Waals surface area contributed by atoms with Crippen molar-refractivity contribution < 1.29 is 33.6 Å². The minimum atomic E-state index is -1.27. The predicted octanol–water partition coefficient (Wildman–Crippen LogP) is 1.91. The summed E-state index contributed by atoms with van der Waals surface area (Å²) >= 11 is 0.794. The number of hydrogen-bond donors (Lipinski definition) is 2. The highest BCUT2D eigenvalue weighted by molar-refractivity contribution is 8.13. The summed E-state index contributed by atoms with van der Waals surface area (Å²) < 4.78 is 0. The molecule has 1 heterocycles. The number of hydrogen-bond acceptors (Lipinski definition) is 9. The lowest BCUT2D eigenvalue weighted by Gasteiger charge is -2.18. The molecule has 1 saturated heterocycles. The Morgan fingerprint density at radius 3 is 2.46 bits per heavy atom. The molecule has 0 aromatic heterocycles. The maximum atomic E-state index is 12.7. The molecule has 14 heteroatoms. The van der Waals surface area contributed by atoms with Crippen molar-refractivity contribution in [1.29, 1.82) is 0 Å². The first kappa shape index (κ1) is 29.9. The Balaban J connectivity index is 2.60. The quantitative estimate of drug-likeness (QED) is 0.0971. The number of hydroxylamine groups is 2. The molecule has 0 spiro atoms. The normalized spacial score (nSPS) is 13.7. The van der Waals surface area contributed by atoms with Gasteiger partial charge in [0.05, 0.1) is 6.42 Å². The molecule has 2 N–H and O–H groups in total. The van der Waals surface area contributed by atoms with Crippen LogP contribution in [0.2, 0.25) is 0 Å². The van der Waals surface area contributed by atoms with Crippen LogP contribution >= 0.6 is 11.8 Å². The molecule has 1 rings (SSSR count). The van der Waals surface area contributed by atoms with E-state index in [4.69, 9.17) is 10.4 Å². The van der Waals surface area contributed by atoms with Crippen molar-refractivity contribution in [3.63, 3.8) is 0 Å². The van der Waals surface area contributed by atoms with Gasteiger partial charge in [-0.3, -0.25) is 24.0 Å². The van der Waals surface area contributed by atoms with Gasteiger partial charge in [0.15, 0.2) is 0 Å². The summed E-state index contributed by atoms with van der Waals surface area (Å²) in [5.41, 5.74) is 8.27. The molecule has 13 nitrogen and oxygen atoms in total. The highest BCUT2D eigenvalue weighted by Crippen LogP contribution is 2.15. The van der Waals surface area contributed by atoms with Crippen LogP contribution in [0.15, 0.2) is 5.11 Å². The third-order valence-electron chi connectivity index (χ3n) is 4.84. The lowest BCUT2D eigenvalue weighted by molar-refractivity contribution is -0.197. The molecule has 194 valence electrons. The van der Waals surface area contributed by atoms with Crippen LogP contribution in [0.5, 0.6) is 0 Å². The molecule has 35 heavy (non-hydrogen) atoms. The molecule has 0 bridgehead atoms. The fourth-order valence-electron chi connectivity index (χ4n) is 2.97. The molecule has 0 aromatic rings. The van der Waals surface area contributed by atoms with E-state index < -0.39 is 41.3 Å². The largest absolute Gasteiger partial charge is 0.356 e. The summed E-state index contributed by atoms with van der Waals surface area (Å²) in [6.07, 6.45) is 3.17. The third kappa shape index (κ3) is 12.8. The SMILES string of the molecule is CCCCCNC(=O)CCSC(=O)C(CC(=O)ON1C(=O)CCC1=O)NC(=O)CCCCN=[N+]=[N-]. The molecule has 1 atom stereocenters. The van der Waals surface area contributed by atoms with Gasteiger partial charge in [0.1, 0.15) is 6.04 Å². The Kier molecular flexibility index (Phi) is 14.8. The Labute approximate surface area is 207 Å². The lowest BCUT2D eigenvalue weighted by atomic mass is 10.2. The van der Waals surface area contributed by atoms with Gasteiger partial charge in [0.25, 0.3) is 11.8 Å². The highest BCUT2D eigenvalue weighted by atomic mass is 32.2. The molecule has 1 fully saturated rings. The first-order valence-electron chi connectivity index (χ1n) is 11.6. The molecule has 1 aliphatic rings. The first-order valence-corrected chi connectivity index (χ1v) is 12.6. The van der Waals surface area contributed by atoms with Gasteiger partial charge in [-0.05, 0) is 24.8 Å². The molecular formula is C21H32N6O7S. The van der Waals surface area contributed by atoms with Crippen molar-refractivity contribution >= 4 is 46.5 Å². The molecular weight excluding hydrogens is 480 g/mol. The number of carbonyl (C=O) groups is 6. The van der Waals surface area contributed by atoms with Crippen LogP contribution in [0.3, 0.4) is 0 Å². The number of rotatable bonds is 17. The lowest BCUT2D eigenvalue weighted by Crippen LogP contribution is -2.43. The van der Waals surface area contributed by atoms with Gasteiger partial charge in [-0.15, -0.1) is 5.06 Å². The molecule has 4 amide bonds. The van der Waals surface area contributed by atoms with Crippen molar-refractivity contribution in [2.75, 3.05) is 18.8 Å². The predicted molar refractivity (Wildman–Crippen MR) is 126 cm³/mol. The monoisotopic (exact) mass is 512 g/mol. The molecule has 1 unspecified atom stereocenters. The zero-order valence-electron chi connectivity index (χ0n) is 19.8. The van der Waals surface area contributed by atoms with E-state index in [-0.39, 0.29) is 43.9 Å². The molecule has 0 aromatic carbocycles. The van der Waals surface area contributed by atoms with Gasteiger partial charge in [-0.1, -0.05) is 36.6 Å². The zero-order valence-corrected chi connectivity index (χ0v) is 20.6. The van der Waals surface area contributed by atoms with Crippen molar-refractivity contribution in [3.8, 4) is 0 Å². The van der Waals surface area contributed by atoms with E-state index in [1.807, 2.05) is 0 Å². The number of nitrogens with one attached hydrogen (secondary N) is 2. The van der Waals surface area contributed by atoms with Crippen molar-refractivity contribution in [1.82, 2.24) is 15.7 Å². The maximum Gasteiger partial charge on any atom is 0.335 e. The minimum Gasteiger partial charge on any atom is -0.356 e. The highest BCUT2D eigenvalue weighted by Gasteiger charge is 2.34. The van der Waals surface area contributed by atoms with Crippen LogP contribution in [0, 0.1) is 0 Å². The summed E-state index contributed by atoms with van der Waals surface area (Å²) in [7, 11) is 0. The van der Waals surface area contributed by atoms with Gasteiger partial charge in [0, 0.05) is 49.4 Å². The second kappa shape index (κ2) is 17.3. The summed E-state index contributed by atoms with van der Waals surface area (Å²) in [5, 5.41) is 8.42. The average molecular weight is 513 g/mol. The molecule has 1 aliphatic heterocycles. The Hall–Kier alpha value is -3.12. The molecule has 0 radical (unpaired) electrons. The first-order chi connectivity index (χ1) is 16.8. The van der Waals surface area contributed by atoms with Gasteiger partial charge < -0.3 is 15.5 Å². The number of carbonyl (C=O) groups excluding carboxylic acids is 6. The minimum absolute atomic E-state index is 0.0354. The number of unbranched alkanes of at least 4 members (excludes halogenated alkanes) is 3. The summed E-state index contributed by atoms with van der Waals surface area (Å²) in [6.45, 7) is 2.84. The smallest absolute Gasteiger partial charge is 0.335 e. The van der Waals surface area contributed by atoms with E-state index in [0.29, 0.717) is 24.4 Å². The second-order valence-corrected chi connectivity index (χ2v) is 8.85. The van der Waals surface area contributed by atoms with Crippen LogP contribution in [-0.4, -0.2) is 64.7 Å². The summed E-state index contributed by atoms with van der Waals surface area (Å²) in [5.74, 6) is -2.89. The van der Waals surface area contributed by atoms with Gasteiger partial charge in [0.2, 0.25) is 16.9 Å². The van der Waals surface area contributed by atoms with Crippen LogP contribution in [-0.2, 0) is 33.6 Å². The van der Waals surface area contributed by atoms with E-state index in [1.165, 1.54) is 0 Å². The summed E-state index contributed by atoms with van der Waals surface area (Å²) in [6, 6.07) is -1.27. The van der Waals surface area contributed by atoms with Gasteiger partial charge >= 0.3 is 5.97 Å². The van der Waals surface area contributed by atoms with Crippen LogP contribution in [0.25, 0.3) is 10.4 Å². The van der Waals surface area contributed by atoms with Crippen LogP contribution in [0.4, 0.5) is 0 Å². The second-order valence-electron chi connectivity index (χ2n) is 7.76. The van der Waals surface area contributed by atoms with Crippen molar-refractivity contribution in [2.24, 2.45) is 5.11 Å². The fraction of sp³-hybridized carbons (Fsp3) is 0.714. The number of imide groups is 1. The Morgan fingerprint density at radius 1 is 1.09 bits per heavy atom. The third-order valence-corrected chi connectivity index (χ3v) is 5.82. The standard InChI is InChI=1S/C21H32N6O7S/c1-2-3-5-11-23-16(28)10-13-35-21(33)15(25-17(29)7-4-6-12-24-26-22)14-20(32)34-27-18(30)8-9-19(27)31/h15H,2-14H2,1H3,(H,23,28)(H,25,29). The average Bonchev–Trinajstić information content (AvgIpc) is 3.13. The Bertz CT molecular complexity index is 815. The van der Waals surface area contributed by atoms with E-state index in [2.05, 4.69) is 27.6 Å². The fourth-order valence-corrected chi connectivity index (χ4v) is 3.80. The number of nitrogens with zero attached hydrogens (tertiary/aromatic N) is 4. The van der Waals surface area contributed by atoms with Gasteiger partial charge in [-0.2, -0.15) is 0 Å². The van der Waals surface area contributed by atoms with Gasteiger partial charge in [-0.25, -0.2) is 4.79 Å². The number of amides is 4. The van der Waals surface area contributed by atoms with E-state index in [9.17, 15) is 28.8 Å². The van der Waals surface area contributed by atoms with Crippen molar-refractivity contribution in [2.45, 2.75) is 77.2 Å². The summed E-state index contributed by atoms with van der Waals surface area (Å²) in [4.78, 5) is 79.8. The van der Waals surface area contributed by atoms with E-state index in [0.717, 1.165) is 31.0 Å². The van der Waals surface area contributed by atoms with Crippen LogP contribution in [0.1, 0.15) is 71.1 Å². The van der Waals surface area contributed by atoms with Crippen LogP contribution < -0.4 is 10.6 Å². The molecule has 0 saturated carbocycles. The Morgan fingerprint density at radius 2 is 1.80 bits per heavy atom. The topological polar surface area (TPSA) is 188 Å². The van der Waals surface area contributed by atoms with E-state index in [1.54, 1.807) is 0 Å².